The molecule has 0 bridgehead atoms. The second kappa shape index (κ2) is 12.5. The molecular formula is C38H26O2Sr. The molecule has 41 heavy (non-hydrogen) atoms. The summed E-state index contributed by atoms with van der Waals surface area (Å²) in [4.78, 5) is 0. The largest absolute Gasteiger partial charge is 2.00 e. The SMILES string of the molecule is [Sr+2].[c-]1cccc2c1C(c1ccccc1)c1ccccc1O2.[c-]1cccc2c1C(c1ccccc1)c1ccccc1O2. The summed E-state index contributed by atoms with van der Waals surface area (Å²) in [5, 5.41) is 0. The maximum absolute atomic E-state index is 6.00. The van der Waals surface area contributed by atoms with Crippen LogP contribution < -0.4 is 9.47 Å². The number of hydrogen-bond donors (Lipinski definition) is 0. The Balaban J connectivity index is 0.000000144. The molecule has 0 spiro atoms. The summed E-state index contributed by atoms with van der Waals surface area (Å²) in [5.41, 5.74) is 7.16. The van der Waals surface area contributed by atoms with E-state index in [9.17, 15) is 0 Å². The fraction of sp³-hybridized carbons (Fsp3) is 0.0526. The van der Waals surface area contributed by atoms with Gasteiger partial charge < -0.3 is 9.47 Å². The van der Waals surface area contributed by atoms with Gasteiger partial charge in [0.1, 0.15) is 11.5 Å². The zero-order valence-corrected chi connectivity index (χ0v) is 26.0. The first kappa shape index (κ1) is 27.6. The van der Waals surface area contributed by atoms with E-state index in [1.54, 1.807) is 0 Å². The van der Waals surface area contributed by atoms with Crippen molar-refractivity contribution in [1.82, 2.24) is 0 Å². The second-order valence-corrected chi connectivity index (χ2v) is 9.86. The van der Waals surface area contributed by atoms with E-state index in [1.807, 2.05) is 72.8 Å². The number of fused-ring (bicyclic) bond motifs is 4. The Hall–Kier alpha value is -3.60. The van der Waals surface area contributed by atoms with Gasteiger partial charge in [0.25, 0.3) is 0 Å². The van der Waals surface area contributed by atoms with E-state index in [2.05, 4.69) is 84.9 Å². The van der Waals surface area contributed by atoms with Crippen LogP contribution in [-0.4, -0.2) is 45.5 Å². The average Bonchev–Trinajstić information content (AvgIpc) is 3.03. The molecule has 6 aromatic carbocycles. The molecule has 3 heteroatoms. The molecule has 2 aliphatic heterocycles. The summed E-state index contributed by atoms with van der Waals surface area (Å²) >= 11 is 0. The summed E-state index contributed by atoms with van der Waals surface area (Å²) in [6.07, 6.45) is 0. The molecule has 192 valence electrons. The van der Waals surface area contributed by atoms with Gasteiger partial charge in [0.2, 0.25) is 0 Å². The molecule has 2 nitrogen and oxygen atoms in total. The molecule has 6 aromatic rings. The van der Waals surface area contributed by atoms with E-state index >= 15 is 0 Å². The van der Waals surface area contributed by atoms with Gasteiger partial charge in [-0.2, -0.15) is 36.4 Å². The van der Waals surface area contributed by atoms with Crippen molar-refractivity contribution in [2.45, 2.75) is 11.8 Å². The molecule has 2 unspecified atom stereocenters. The zero-order chi connectivity index (χ0) is 26.7. The van der Waals surface area contributed by atoms with Crippen molar-refractivity contribution < 1.29 is 9.47 Å². The van der Waals surface area contributed by atoms with Crippen molar-refractivity contribution >= 4 is 45.5 Å². The molecule has 2 atom stereocenters. The summed E-state index contributed by atoms with van der Waals surface area (Å²) in [7, 11) is 0. The third kappa shape index (κ3) is 5.51. The Morgan fingerprint density at radius 3 is 1.20 bits per heavy atom. The quantitative estimate of drug-likeness (QED) is 0.145. The van der Waals surface area contributed by atoms with Crippen LogP contribution in [0.2, 0.25) is 0 Å². The molecule has 2 heterocycles. The van der Waals surface area contributed by atoms with Gasteiger partial charge in [-0.3, -0.25) is 0 Å². The van der Waals surface area contributed by atoms with E-state index < -0.39 is 0 Å². The van der Waals surface area contributed by atoms with Crippen molar-refractivity contribution in [3.8, 4) is 23.0 Å². The van der Waals surface area contributed by atoms with Crippen LogP contribution in [0, 0.1) is 12.1 Å². The van der Waals surface area contributed by atoms with E-state index in [0.29, 0.717) is 0 Å². The van der Waals surface area contributed by atoms with Crippen LogP contribution >= 0.6 is 0 Å². The second-order valence-electron chi connectivity index (χ2n) is 9.86. The minimum atomic E-state index is 0. The summed E-state index contributed by atoms with van der Waals surface area (Å²) < 4.78 is 12.0. The molecule has 0 aromatic heterocycles. The topological polar surface area (TPSA) is 18.5 Å². The van der Waals surface area contributed by atoms with Gasteiger partial charge in [0, 0.05) is 34.5 Å². The van der Waals surface area contributed by atoms with Crippen LogP contribution in [0.15, 0.2) is 146 Å². The molecule has 8 rings (SSSR count). The number of rotatable bonds is 2. The van der Waals surface area contributed by atoms with Gasteiger partial charge in [0.15, 0.2) is 0 Å². The van der Waals surface area contributed by atoms with Gasteiger partial charge in [-0.25, -0.2) is 0 Å². The monoisotopic (exact) mass is 602 g/mol. The Morgan fingerprint density at radius 2 is 0.756 bits per heavy atom. The third-order valence-electron chi connectivity index (χ3n) is 7.44. The first-order valence-electron chi connectivity index (χ1n) is 13.5. The van der Waals surface area contributed by atoms with Crippen molar-refractivity contribution in [2.75, 3.05) is 0 Å². The van der Waals surface area contributed by atoms with Gasteiger partial charge in [-0.05, 0) is 23.3 Å². The molecule has 0 N–H and O–H groups in total. The molecule has 0 radical (unpaired) electrons. The predicted molar refractivity (Wildman–Crippen MR) is 164 cm³/mol. The van der Waals surface area contributed by atoms with Crippen LogP contribution in [0.25, 0.3) is 0 Å². The third-order valence-corrected chi connectivity index (χ3v) is 7.44. The molecule has 0 saturated carbocycles. The number of benzene rings is 6. The molecule has 2 aliphatic rings. The standard InChI is InChI=1S/2C19H13O.Sr/c2*1-2-8-14(9-3-1)19-15-10-4-6-12-17(15)20-18-13-7-5-11-16(18)19;/h2*1-10,12-13,19H;/q2*-1;+2. The maximum atomic E-state index is 6.00. The number of para-hydroxylation sites is 2. The minimum absolute atomic E-state index is 0. The van der Waals surface area contributed by atoms with Crippen molar-refractivity contribution in [3.05, 3.63) is 191 Å². The van der Waals surface area contributed by atoms with Gasteiger partial charge >= 0.3 is 45.5 Å². The Morgan fingerprint density at radius 1 is 0.390 bits per heavy atom. The van der Waals surface area contributed by atoms with E-state index in [-0.39, 0.29) is 57.3 Å². The fourth-order valence-corrected chi connectivity index (χ4v) is 5.65. The Labute approximate surface area is 278 Å². The molecule has 0 aliphatic carbocycles. The fourth-order valence-electron chi connectivity index (χ4n) is 5.65. The first-order chi connectivity index (χ1) is 19.9. The Bertz CT molecular complexity index is 1540. The van der Waals surface area contributed by atoms with E-state index in [1.165, 1.54) is 22.3 Å². The summed E-state index contributed by atoms with van der Waals surface area (Å²) in [5.74, 6) is 4.07. The predicted octanol–water partition coefficient (Wildman–Crippen LogP) is 9.16. The molecule has 0 fully saturated rings. The smallest absolute Gasteiger partial charge is 0.516 e. The summed E-state index contributed by atoms with van der Waals surface area (Å²) in [6, 6.07) is 56.1. The van der Waals surface area contributed by atoms with Gasteiger partial charge in [0.05, 0.1) is 0 Å². The minimum Gasteiger partial charge on any atom is -0.516 e. The van der Waals surface area contributed by atoms with E-state index in [4.69, 9.17) is 9.47 Å². The van der Waals surface area contributed by atoms with Gasteiger partial charge in [-0.1, -0.05) is 97.1 Å². The molecule has 0 amide bonds. The van der Waals surface area contributed by atoms with Crippen molar-refractivity contribution in [3.63, 3.8) is 0 Å². The first-order valence-corrected chi connectivity index (χ1v) is 13.5. The summed E-state index contributed by atoms with van der Waals surface area (Å²) in [6.45, 7) is 0. The average molecular weight is 602 g/mol. The normalized spacial score (nSPS) is 15.5. The van der Waals surface area contributed by atoms with Crippen LogP contribution in [0.4, 0.5) is 0 Å². The van der Waals surface area contributed by atoms with E-state index in [0.717, 1.165) is 34.1 Å². The number of ether oxygens (including phenoxy) is 2. The molecule has 0 saturated heterocycles. The zero-order valence-electron chi connectivity index (χ0n) is 22.5. The Kier molecular flexibility index (Phi) is 8.41. The van der Waals surface area contributed by atoms with Crippen LogP contribution in [0.5, 0.6) is 23.0 Å². The van der Waals surface area contributed by atoms with Gasteiger partial charge in [-0.15, -0.1) is 23.3 Å². The van der Waals surface area contributed by atoms with Crippen molar-refractivity contribution in [1.29, 1.82) is 0 Å². The van der Waals surface area contributed by atoms with Crippen LogP contribution in [0.1, 0.15) is 45.2 Å². The van der Waals surface area contributed by atoms with Crippen molar-refractivity contribution in [2.24, 2.45) is 0 Å². The van der Waals surface area contributed by atoms with Crippen LogP contribution in [-0.2, 0) is 0 Å². The maximum Gasteiger partial charge on any atom is 2.00 e. The molecular weight excluding hydrogens is 576 g/mol. The number of hydrogen-bond acceptors (Lipinski definition) is 2. The van der Waals surface area contributed by atoms with Crippen LogP contribution in [0.3, 0.4) is 0 Å².